The van der Waals surface area contributed by atoms with Gasteiger partial charge in [0.2, 0.25) is 0 Å². The van der Waals surface area contributed by atoms with Crippen LogP contribution in [0.4, 0.5) is 0 Å². The molecule has 0 radical (unpaired) electrons. The van der Waals surface area contributed by atoms with Crippen molar-refractivity contribution in [1.29, 1.82) is 0 Å². The highest BCUT2D eigenvalue weighted by Gasteiger charge is 2.07. The molecular weight excluding hydrogens is 163 g/mol. The molecule has 0 atom stereocenters. The van der Waals surface area contributed by atoms with Gasteiger partial charge in [-0.2, -0.15) is 0 Å². The Morgan fingerprint density at radius 2 is 1.50 bits per heavy atom. The topological polar surface area (TPSA) is 0 Å². The van der Waals surface area contributed by atoms with E-state index >= 15 is 0 Å². The summed E-state index contributed by atoms with van der Waals surface area (Å²) in [5.74, 6) is 1.42. The minimum Gasteiger partial charge on any atom is -0.0801 e. The summed E-state index contributed by atoms with van der Waals surface area (Å²) in [6, 6.07) is 0. The summed E-state index contributed by atoms with van der Waals surface area (Å²) in [7, 11) is 1.44. The zero-order chi connectivity index (χ0) is 9.72. The van der Waals surface area contributed by atoms with Crippen molar-refractivity contribution in [3.8, 4) is 0 Å². The largest absolute Gasteiger partial charge is 0.0801 e. The van der Waals surface area contributed by atoms with Gasteiger partial charge in [-0.1, -0.05) is 42.0 Å². The summed E-state index contributed by atoms with van der Waals surface area (Å²) in [6.45, 7) is 13.4. The van der Waals surface area contributed by atoms with Gasteiger partial charge in [-0.25, -0.2) is 0 Å². The van der Waals surface area contributed by atoms with Crippen LogP contribution in [0.25, 0.3) is 0 Å². The monoisotopic (exact) mass is 184 g/mol. The van der Waals surface area contributed by atoms with Crippen LogP contribution in [0.3, 0.4) is 0 Å². The molecule has 0 unspecified atom stereocenters. The molecule has 0 aliphatic carbocycles. The van der Waals surface area contributed by atoms with Crippen LogP contribution in [0.15, 0.2) is 11.4 Å². The van der Waals surface area contributed by atoms with Crippen LogP contribution in [0, 0.1) is 11.8 Å². The van der Waals surface area contributed by atoms with Crippen LogP contribution in [-0.2, 0) is 0 Å². The Bertz CT molecular complexity index is 175. The maximum absolute atomic E-state index is 2.28. The van der Waals surface area contributed by atoms with Gasteiger partial charge in [-0.05, 0) is 36.3 Å². The molecule has 0 spiro atoms. The van der Waals surface area contributed by atoms with Crippen LogP contribution in [0.2, 0.25) is 0 Å². The Kier molecular flexibility index (Phi) is 5.50. The summed E-state index contributed by atoms with van der Waals surface area (Å²) >= 11 is 0. The van der Waals surface area contributed by atoms with Crippen LogP contribution in [-0.4, -0.2) is 5.29 Å². The van der Waals surface area contributed by atoms with E-state index in [-0.39, 0.29) is 0 Å². The van der Waals surface area contributed by atoms with Gasteiger partial charge in [0.1, 0.15) is 0 Å². The third-order valence-electron chi connectivity index (χ3n) is 1.91. The fourth-order valence-corrected chi connectivity index (χ4v) is 2.25. The molecule has 0 aromatic heterocycles. The van der Waals surface area contributed by atoms with Crippen LogP contribution in [0.1, 0.15) is 41.5 Å². The molecule has 0 aromatic carbocycles. The highest BCUT2D eigenvalue weighted by atomic mass is 31.1. The lowest BCUT2D eigenvalue weighted by Gasteiger charge is -2.14. The van der Waals surface area contributed by atoms with Crippen LogP contribution < -0.4 is 0 Å². The van der Waals surface area contributed by atoms with Crippen LogP contribution >= 0.6 is 8.20 Å². The molecule has 0 rings (SSSR count). The first-order valence-electron chi connectivity index (χ1n) is 4.70. The molecule has 0 N–H and O–H groups in total. The Hall–Kier alpha value is -0.0900. The van der Waals surface area contributed by atoms with E-state index in [9.17, 15) is 0 Å². The third kappa shape index (κ3) is 4.07. The Balaban J connectivity index is 4.62. The summed E-state index contributed by atoms with van der Waals surface area (Å²) in [5.41, 5.74) is 0. The molecule has 0 saturated heterocycles. The van der Waals surface area contributed by atoms with E-state index < -0.39 is 0 Å². The van der Waals surface area contributed by atoms with E-state index in [0.717, 1.165) is 0 Å². The quantitative estimate of drug-likeness (QED) is 0.572. The molecule has 70 valence electrons. The molecule has 1 heteroatoms. The van der Waals surface area contributed by atoms with E-state index in [0.29, 0.717) is 11.8 Å². The highest BCUT2D eigenvalue weighted by molar-refractivity contribution is 7.45. The van der Waals surface area contributed by atoms with Gasteiger partial charge in [-0.3, -0.25) is 0 Å². The molecule has 0 aromatic rings. The van der Waals surface area contributed by atoms with Gasteiger partial charge in [0.15, 0.2) is 0 Å². The summed E-state index contributed by atoms with van der Waals surface area (Å²) in [5, 5.41) is 3.11. The maximum Gasteiger partial charge on any atom is -0.0211 e. The van der Waals surface area contributed by atoms with Crippen molar-refractivity contribution in [3.05, 3.63) is 11.4 Å². The lowest BCUT2D eigenvalue weighted by molar-refractivity contribution is 0.786. The second-order valence-electron chi connectivity index (χ2n) is 3.78. The smallest absolute Gasteiger partial charge is 0.0211 e. The predicted octanol–water partition coefficient (Wildman–Crippen LogP) is 4.34. The molecule has 0 saturated carbocycles. The normalized spacial score (nSPS) is 13.2. The highest BCUT2D eigenvalue weighted by Crippen LogP contribution is 2.22. The van der Waals surface area contributed by atoms with Gasteiger partial charge in [-0.15, -0.1) is 0 Å². The van der Waals surface area contributed by atoms with Crippen molar-refractivity contribution < 1.29 is 0 Å². The fourth-order valence-electron chi connectivity index (χ4n) is 1.19. The Morgan fingerprint density at radius 1 is 1.08 bits per heavy atom. The molecule has 0 amide bonds. The minimum absolute atomic E-state index is 0.710. The SMILES string of the molecule is C/C=C(\C)P=C(C(C)C)C(C)C. The average Bonchev–Trinajstić information content (AvgIpc) is 1.98. The minimum atomic E-state index is 0.710. The number of rotatable bonds is 3. The van der Waals surface area contributed by atoms with Crippen molar-refractivity contribution >= 4 is 13.5 Å². The van der Waals surface area contributed by atoms with Crippen molar-refractivity contribution in [1.82, 2.24) is 0 Å². The number of hydrogen-bond acceptors (Lipinski definition) is 0. The lowest BCUT2D eigenvalue weighted by Crippen LogP contribution is -2.12. The zero-order valence-electron chi connectivity index (χ0n) is 9.18. The van der Waals surface area contributed by atoms with Crippen molar-refractivity contribution in [2.75, 3.05) is 0 Å². The summed E-state index contributed by atoms with van der Waals surface area (Å²) in [6.07, 6.45) is 2.20. The first-order valence-corrected chi connectivity index (χ1v) is 5.59. The van der Waals surface area contributed by atoms with Gasteiger partial charge in [0.25, 0.3) is 0 Å². The standard InChI is InChI=1S/C11H21P/c1-7-10(6)12-11(8(2)3)9(4)5/h7-9H,1-6H3/b10-7+. The second kappa shape index (κ2) is 5.54. The van der Waals surface area contributed by atoms with E-state index in [1.54, 1.807) is 5.29 Å². The lowest BCUT2D eigenvalue weighted by atomic mass is 10.0. The summed E-state index contributed by atoms with van der Waals surface area (Å²) in [4.78, 5) is 0. The first-order chi connectivity index (χ1) is 5.49. The van der Waals surface area contributed by atoms with Gasteiger partial charge in [0.05, 0.1) is 0 Å². The van der Waals surface area contributed by atoms with Gasteiger partial charge >= 0.3 is 0 Å². The third-order valence-corrected chi connectivity index (χ3v) is 3.81. The van der Waals surface area contributed by atoms with Crippen molar-refractivity contribution in [3.63, 3.8) is 0 Å². The fraction of sp³-hybridized carbons (Fsp3) is 0.727. The van der Waals surface area contributed by atoms with Gasteiger partial charge in [0, 0.05) is 0 Å². The van der Waals surface area contributed by atoms with E-state index in [1.807, 2.05) is 0 Å². The van der Waals surface area contributed by atoms with E-state index in [1.165, 1.54) is 13.5 Å². The van der Waals surface area contributed by atoms with Crippen molar-refractivity contribution in [2.45, 2.75) is 41.5 Å². The molecule has 0 aliphatic heterocycles. The Morgan fingerprint density at radius 3 is 1.75 bits per heavy atom. The molecule has 0 nitrogen and oxygen atoms in total. The second-order valence-corrected chi connectivity index (χ2v) is 5.22. The maximum atomic E-state index is 2.28. The number of allylic oxidation sites excluding steroid dienone is 2. The average molecular weight is 184 g/mol. The number of hydrogen-bond donors (Lipinski definition) is 0. The molecule has 0 bridgehead atoms. The molecule has 12 heavy (non-hydrogen) atoms. The van der Waals surface area contributed by atoms with Gasteiger partial charge < -0.3 is 0 Å². The molecule has 0 heterocycles. The predicted molar refractivity (Wildman–Crippen MR) is 61.0 cm³/mol. The first kappa shape index (κ1) is 11.9. The Labute approximate surface area is 78.9 Å². The van der Waals surface area contributed by atoms with E-state index in [2.05, 4.69) is 47.6 Å². The summed E-state index contributed by atoms with van der Waals surface area (Å²) < 4.78 is 0. The van der Waals surface area contributed by atoms with E-state index in [4.69, 9.17) is 0 Å². The molecule has 0 aliphatic rings. The van der Waals surface area contributed by atoms with Crippen molar-refractivity contribution in [2.24, 2.45) is 11.8 Å². The zero-order valence-corrected chi connectivity index (χ0v) is 10.1. The molecule has 0 fully saturated rings. The van der Waals surface area contributed by atoms with Crippen LogP contribution in [0.5, 0.6) is 0 Å². The molecular formula is C11H21P.